The van der Waals surface area contributed by atoms with E-state index in [4.69, 9.17) is 0 Å². The summed E-state index contributed by atoms with van der Waals surface area (Å²) in [5, 5.41) is 3.46. The molecule has 0 aliphatic rings. The largest absolute Gasteiger partial charge is 0.353 e. The van der Waals surface area contributed by atoms with Crippen LogP contribution in [0, 0.1) is 0 Å². The normalized spacial score (nSPS) is 11.4. The van der Waals surface area contributed by atoms with Crippen molar-refractivity contribution < 1.29 is 0 Å². The number of para-hydroxylation sites is 2. The van der Waals surface area contributed by atoms with E-state index in [9.17, 15) is 0 Å². The Balaban J connectivity index is 0.00000272. The minimum Gasteiger partial charge on any atom is -0.353 e. The zero-order valence-corrected chi connectivity index (χ0v) is 20.5. The lowest BCUT2D eigenvalue weighted by atomic mass is 10.1. The molecule has 4 aromatic rings. The second-order valence-corrected chi connectivity index (χ2v) is 7.54. The van der Waals surface area contributed by atoms with Crippen LogP contribution in [-0.2, 0) is 26.7 Å². The molecule has 6 nitrogen and oxygen atoms in total. The number of aliphatic imine (C=N–C) groups is 1. The highest BCUT2D eigenvalue weighted by atomic mass is 127. The first kappa shape index (κ1) is 22.9. The molecular formula is C24H29IN6. The van der Waals surface area contributed by atoms with Crippen LogP contribution in [0.25, 0.3) is 11.0 Å². The molecule has 0 fully saturated rings. The van der Waals surface area contributed by atoms with Crippen molar-refractivity contribution in [3.8, 4) is 0 Å². The van der Waals surface area contributed by atoms with Gasteiger partial charge in [-0.2, -0.15) is 0 Å². The summed E-state index contributed by atoms with van der Waals surface area (Å²) in [5.74, 6) is 0.880. The number of rotatable bonds is 6. The Hall–Kier alpha value is -2.81. The molecular weight excluding hydrogens is 499 g/mol. The molecule has 0 atom stereocenters. The molecule has 2 aromatic heterocycles. The van der Waals surface area contributed by atoms with Crippen LogP contribution in [0.4, 0.5) is 0 Å². The summed E-state index contributed by atoms with van der Waals surface area (Å²) in [6.45, 7) is 2.36. The summed E-state index contributed by atoms with van der Waals surface area (Å²) in [7, 11) is 5.94. The van der Waals surface area contributed by atoms with Crippen LogP contribution in [-0.4, -0.2) is 39.1 Å². The first-order valence-electron chi connectivity index (χ1n) is 10.1. The SMILES string of the molecule is CN=C(NCc1ccc(Cn2cnc3ccccc32)cc1)N(C)Cc1cccn1C.I. The van der Waals surface area contributed by atoms with E-state index < -0.39 is 0 Å². The fourth-order valence-corrected chi connectivity index (χ4v) is 3.64. The van der Waals surface area contributed by atoms with E-state index in [0.717, 1.165) is 36.6 Å². The number of hydrogen-bond donors (Lipinski definition) is 1. The van der Waals surface area contributed by atoms with Gasteiger partial charge in [0.05, 0.1) is 23.9 Å². The summed E-state index contributed by atoms with van der Waals surface area (Å²) in [5.41, 5.74) is 5.92. The fourth-order valence-electron chi connectivity index (χ4n) is 3.64. The molecule has 0 saturated heterocycles. The molecule has 7 heteroatoms. The van der Waals surface area contributed by atoms with Crippen LogP contribution in [0.3, 0.4) is 0 Å². The van der Waals surface area contributed by atoms with Crippen molar-refractivity contribution in [1.82, 2.24) is 24.3 Å². The highest BCUT2D eigenvalue weighted by Crippen LogP contribution is 2.14. The van der Waals surface area contributed by atoms with Crippen molar-refractivity contribution in [1.29, 1.82) is 0 Å². The molecule has 0 radical (unpaired) electrons. The molecule has 162 valence electrons. The van der Waals surface area contributed by atoms with E-state index in [1.165, 1.54) is 16.8 Å². The Morgan fingerprint density at radius 3 is 2.48 bits per heavy atom. The number of aryl methyl sites for hydroxylation is 1. The standard InChI is InChI=1S/C24H28N6.HI/c1-25-24(29(3)17-21-7-6-14-28(21)2)26-15-19-10-12-20(13-11-19)16-30-18-27-22-8-4-5-9-23(22)30;/h4-14,18H,15-17H2,1-3H3,(H,25,26);1H. The van der Waals surface area contributed by atoms with Gasteiger partial charge in [0.15, 0.2) is 5.96 Å². The van der Waals surface area contributed by atoms with E-state index in [1.807, 2.05) is 25.5 Å². The Kier molecular flexibility index (Phi) is 7.73. The van der Waals surface area contributed by atoms with Crippen LogP contribution in [0.5, 0.6) is 0 Å². The quantitative estimate of drug-likeness (QED) is 0.231. The van der Waals surface area contributed by atoms with Gasteiger partial charge in [0.25, 0.3) is 0 Å². The van der Waals surface area contributed by atoms with Crippen LogP contribution in [0.1, 0.15) is 16.8 Å². The second kappa shape index (κ2) is 10.5. The van der Waals surface area contributed by atoms with Gasteiger partial charge in [0.1, 0.15) is 0 Å². The molecule has 0 bridgehead atoms. The molecule has 0 aliphatic carbocycles. The lowest BCUT2D eigenvalue weighted by Crippen LogP contribution is -2.38. The first-order valence-corrected chi connectivity index (χ1v) is 10.1. The zero-order chi connectivity index (χ0) is 20.9. The average Bonchev–Trinajstić information content (AvgIpc) is 3.36. The third kappa shape index (κ3) is 5.46. The Labute approximate surface area is 200 Å². The maximum absolute atomic E-state index is 4.47. The zero-order valence-electron chi connectivity index (χ0n) is 18.2. The second-order valence-electron chi connectivity index (χ2n) is 7.54. The number of guanidine groups is 1. The molecule has 4 rings (SSSR count). The lowest BCUT2D eigenvalue weighted by molar-refractivity contribution is 0.461. The van der Waals surface area contributed by atoms with Crippen LogP contribution >= 0.6 is 24.0 Å². The molecule has 2 heterocycles. The summed E-state index contributed by atoms with van der Waals surface area (Å²) in [6, 6.07) is 21.1. The van der Waals surface area contributed by atoms with Crippen LogP contribution < -0.4 is 5.32 Å². The third-order valence-corrected chi connectivity index (χ3v) is 5.38. The fraction of sp³-hybridized carbons (Fsp3) is 0.250. The minimum absolute atomic E-state index is 0. The van der Waals surface area contributed by atoms with Gasteiger partial charge >= 0.3 is 0 Å². The van der Waals surface area contributed by atoms with Crippen molar-refractivity contribution in [2.75, 3.05) is 14.1 Å². The van der Waals surface area contributed by atoms with Crippen molar-refractivity contribution in [3.05, 3.63) is 90.0 Å². The maximum atomic E-state index is 4.47. The van der Waals surface area contributed by atoms with E-state index in [1.54, 1.807) is 0 Å². The first-order chi connectivity index (χ1) is 14.6. The summed E-state index contributed by atoms with van der Waals surface area (Å²) >= 11 is 0. The van der Waals surface area contributed by atoms with Gasteiger partial charge in [-0.25, -0.2) is 4.98 Å². The number of imidazole rings is 1. The molecule has 2 aromatic carbocycles. The van der Waals surface area contributed by atoms with Crippen molar-refractivity contribution in [2.45, 2.75) is 19.6 Å². The summed E-state index contributed by atoms with van der Waals surface area (Å²) in [4.78, 5) is 11.0. The third-order valence-electron chi connectivity index (χ3n) is 5.38. The van der Waals surface area contributed by atoms with Gasteiger partial charge in [-0.1, -0.05) is 36.4 Å². The van der Waals surface area contributed by atoms with Crippen LogP contribution in [0.2, 0.25) is 0 Å². The predicted molar refractivity (Wildman–Crippen MR) is 138 cm³/mol. The minimum atomic E-state index is 0. The van der Waals surface area contributed by atoms with Crippen molar-refractivity contribution >= 4 is 41.0 Å². The maximum Gasteiger partial charge on any atom is 0.194 e. The Bertz CT molecular complexity index is 1140. The predicted octanol–water partition coefficient (Wildman–Crippen LogP) is 4.25. The van der Waals surface area contributed by atoms with E-state index in [2.05, 4.69) is 98.2 Å². The van der Waals surface area contributed by atoms with E-state index in [-0.39, 0.29) is 24.0 Å². The topological polar surface area (TPSA) is 50.4 Å². The smallest absolute Gasteiger partial charge is 0.194 e. The van der Waals surface area contributed by atoms with Gasteiger partial charge < -0.3 is 19.4 Å². The number of halogens is 1. The van der Waals surface area contributed by atoms with Crippen molar-refractivity contribution in [2.24, 2.45) is 12.0 Å². The molecule has 31 heavy (non-hydrogen) atoms. The highest BCUT2D eigenvalue weighted by molar-refractivity contribution is 14.0. The van der Waals surface area contributed by atoms with Gasteiger partial charge in [-0.15, -0.1) is 24.0 Å². The number of nitrogens with one attached hydrogen (secondary N) is 1. The summed E-state index contributed by atoms with van der Waals surface area (Å²) in [6.07, 6.45) is 3.97. The van der Waals surface area contributed by atoms with E-state index >= 15 is 0 Å². The van der Waals surface area contributed by atoms with Gasteiger partial charge in [0, 0.05) is 46.1 Å². The lowest BCUT2D eigenvalue weighted by Gasteiger charge is -2.22. The van der Waals surface area contributed by atoms with Crippen molar-refractivity contribution in [3.63, 3.8) is 0 Å². The molecule has 0 spiro atoms. The Morgan fingerprint density at radius 1 is 1.03 bits per heavy atom. The summed E-state index contributed by atoms with van der Waals surface area (Å²) < 4.78 is 4.31. The number of nitrogens with zero attached hydrogens (tertiary/aromatic N) is 5. The van der Waals surface area contributed by atoms with Gasteiger partial charge in [-0.3, -0.25) is 4.99 Å². The van der Waals surface area contributed by atoms with E-state index in [0.29, 0.717) is 0 Å². The Morgan fingerprint density at radius 2 is 1.77 bits per heavy atom. The molecule has 0 aliphatic heterocycles. The van der Waals surface area contributed by atoms with Crippen LogP contribution in [0.15, 0.2) is 78.2 Å². The molecule has 0 saturated carbocycles. The number of hydrogen-bond acceptors (Lipinski definition) is 2. The number of benzene rings is 2. The highest BCUT2D eigenvalue weighted by Gasteiger charge is 2.08. The monoisotopic (exact) mass is 528 g/mol. The molecule has 1 N–H and O–H groups in total. The van der Waals surface area contributed by atoms with Gasteiger partial charge in [-0.05, 0) is 35.4 Å². The van der Waals surface area contributed by atoms with Gasteiger partial charge in [0.2, 0.25) is 0 Å². The number of aromatic nitrogens is 3. The average molecular weight is 528 g/mol. The molecule has 0 unspecified atom stereocenters. The molecule has 0 amide bonds. The number of fused-ring (bicyclic) bond motifs is 1.